The molecule has 1 fully saturated rings. The first-order valence-corrected chi connectivity index (χ1v) is 6.87. The Morgan fingerprint density at radius 2 is 1.86 bits per heavy atom. The van der Waals surface area contributed by atoms with Gasteiger partial charge in [0.25, 0.3) is 5.91 Å². The lowest BCUT2D eigenvalue weighted by Gasteiger charge is -2.35. The molecule has 0 radical (unpaired) electrons. The summed E-state index contributed by atoms with van der Waals surface area (Å²) in [5.74, 6) is 0.00204. The number of carbonyl (C=O) groups is 1. The largest absolute Gasteiger partial charge is 0.399 e. The minimum absolute atomic E-state index is 0. The molecule has 2 rings (SSSR count). The van der Waals surface area contributed by atoms with Crippen LogP contribution in [0.25, 0.3) is 0 Å². The molecule has 120 valence electrons. The number of piperidine rings is 1. The minimum atomic E-state index is 0. The van der Waals surface area contributed by atoms with Crippen LogP contribution >= 0.6 is 36.4 Å². The molecule has 2 N–H and O–H groups in total. The number of rotatable bonds is 2. The molecular weight excluding hydrogens is 333 g/mol. The molecule has 0 spiro atoms. The van der Waals surface area contributed by atoms with Crippen molar-refractivity contribution in [1.29, 1.82) is 0 Å². The number of anilines is 1. The highest BCUT2D eigenvalue weighted by Gasteiger charge is 2.25. The number of halogens is 3. The smallest absolute Gasteiger partial charge is 0.255 e. The van der Waals surface area contributed by atoms with Crippen LogP contribution in [-0.4, -0.2) is 48.9 Å². The summed E-state index contributed by atoms with van der Waals surface area (Å²) in [6.07, 6.45) is 2.01. The summed E-state index contributed by atoms with van der Waals surface area (Å²) in [5, 5.41) is 0.430. The molecule has 1 amide bonds. The van der Waals surface area contributed by atoms with Crippen LogP contribution in [0.3, 0.4) is 0 Å². The summed E-state index contributed by atoms with van der Waals surface area (Å²) >= 11 is 6.09. The molecule has 0 atom stereocenters. The second-order valence-electron chi connectivity index (χ2n) is 5.23. The maximum Gasteiger partial charge on any atom is 0.255 e. The van der Waals surface area contributed by atoms with Crippen LogP contribution in [-0.2, 0) is 0 Å². The van der Waals surface area contributed by atoms with Gasteiger partial charge in [-0.1, -0.05) is 11.6 Å². The highest BCUT2D eigenvalue weighted by atomic mass is 35.5. The molecule has 1 aliphatic rings. The lowest BCUT2D eigenvalue weighted by Crippen LogP contribution is -2.44. The summed E-state index contributed by atoms with van der Waals surface area (Å²) in [6.45, 7) is 1.56. The quantitative estimate of drug-likeness (QED) is 0.831. The highest BCUT2D eigenvalue weighted by Crippen LogP contribution is 2.23. The van der Waals surface area contributed by atoms with Gasteiger partial charge in [0.15, 0.2) is 0 Å². The third-order valence-corrected chi connectivity index (χ3v) is 4.02. The normalized spacial score (nSPS) is 15.3. The Hall–Kier alpha value is -0.680. The lowest BCUT2D eigenvalue weighted by molar-refractivity contribution is 0.0663. The van der Waals surface area contributed by atoms with E-state index in [1.54, 1.807) is 18.2 Å². The van der Waals surface area contributed by atoms with E-state index in [2.05, 4.69) is 19.0 Å². The lowest BCUT2D eigenvalue weighted by atomic mass is 10.0. The third-order valence-electron chi connectivity index (χ3n) is 3.71. The summed E-state index contributed by atoms with van der Waals surface area (Å²) < 4.78 is 0. The van der Waals surface area contributed by atoms with E-state index >= 15 is 0 Å². The van der Waals surface area contributed by atoms with Gasteiger partial charge >= 0.3 is 0 Å². The van der Waals surface area contributed by atoms with Crippen molar-refractivity contribution in [3.8, 4) is 0 Å². The van der Waals surface area contributed by atoms with E-state index in [1.165, 1.54) is 0 Å². The molecule has 0 saturated carbocycles. The van der Waals surface area contributed by atoms with E-state index in [9.17, 15) is 4.79 Å². The predicted molar refractivity (Wildman–Crippen MR) is 93.0 cm³/mol. The van der Waals surface area contributed by atoms with Crippen molar-refractivity contribution in [2.24, 2.45) is 0 Å². The maximum atomic E-state index is 12.4. The van der Waals surface area contributed by atoms with E-state index in [0.717, 1.165) is 25.9 Å². The van der Waals surface area contributed by atoms with Gasteiger partial charge in [0, 0.05) is 24.8 Å². The number of likely N-dealkylation sites (tertiary alicyclic amines) is 1. The van der Waals surface area contributed by atoms with Gasteiger partial charge in [0.1, 0.15) is 0 Å². The molecular formula is C14H22Cl3N3O. The van der Waals surface area contributed by atoms with E-state index in [-0.39, 0.29) is 30.7 Å². The summed E-state index contributed by atoms with van der Waals surface area (Å²) in [5.41, 5.74) is 6.76. The molecule has 0 unspecified atom stereocenters. The van der Waals surface area contributed by atoms with Gasteiger partial charge in [-0.3, -0.25) is 4.79 Å². The van der Waals surface area contributed by atoms with E-state index in [4.69, 9.17) is 17.3 Å². The Morgan fingerprint density at radius 3 is 2.33 bits per heavy atom. The van der Waals surface area contributed by atoms with Gasteiger partial charge in [-0.05, 0) is 45.1 Å². The summed E-state index contributed by atoms with van der Waals surface area (Å²) in [7, 11) is 4.16. The van der Waals surface area contributed by atoms with Gasteiger partial charge in [0.05, 0.1) is 10.6 Å². The van der Waals surface area contributed by atoms with Gasteiger partial charge < -0.3 is 15.5 Å². The standard InChI is InChI=1S/C14H20ClN3O.2ClH/c1-17(2)11-5-7-18(8-6-11)14(19)12-4-3-10(16)9-13(12)15;;/h3-4,9,11H,5-8,16H2,1-2H3;2*1H. The molecule has 1 heterocycles. The molecule has 0 bridgehead atoms. The van der Waals surface area contributed by atoms with Crippen molar-refractivity contribution in [2.75, 3.05) is 32.9 Å². The van der Waals surface area contributed by atoms with E-state index < -0.39 is 0 Å². The van der Waals surface area contributed by atoms with Crippen LogP contribution in [0.4, 0.5) is 5.69 Å². The molecule has 1 saturated heterocycles. The summed E-state index contributed by atoms with van der Waals surface area (Å²) in [6, 6.07) is 5.61. The fraction of sp³-hybridized carbons (Fsp3) is 0.500. The van der Waals surface area contributed by atoms with Crippen molar-refractivity contribution in [3.63, 3.8) is 0 Å². The third kappa shape index (κ3) is 4.92. The number of carbonyl (C=O) groups excluding carboxylic acids is 1. The monoisotopic (exact) mass is 353 g/mol. The van der Waals surface area contributed by atoms with Crippen LogP contribution < -0.4 is 5.73 Å². The molecule has 7 heteroatoms. The Labute approximate surface area is 143 Å². The number of hydrogen-bond donors (Lipinski definition) is 1. The van der Waals surface area contributed by atoms with E-state index in [0.29, 0.717) is 22.3 Å². The first-order valence-electron chi connectivity index (χ1n) is 6.50. The second-order valence-corrected chi connectivity index (χ2v) is 5.63. The van der Waals surface area contributed by atoms with Gasteiger partial charge in [-0.25, -0.2) is 0 Å². The van der Waals surface area contributed by atoms with Gasteiger partial charge in [-0.15, -0.1) is 24.8 Å². The zero-order chi connectivity index (χ0) is 14.0. The first kappa shape index (κ1) is 20.3. The zero-order valence-electron chi connectivity index (χ0n) is 12.2. The van der Waals surface area contributed by atoms with Crippen molar-refractivity contribution >= 4 is 48.0 Å². The molecule has 1 aliphatic heterocycles. The van der Waals surface area contributed by atoms with Crippen molar-refractivity contribution in [1.82, 2.24) is 9.80 Å². The maximum absolute atomic E-state index is 12.4. The number of amides is 1. The zero-order valence-corrected chi connectivity index (χ0v) is 14.6. The number of nitrogen functional groups attached to an aromatic ring is 1. The Kier molecular flexibility index (Phi) is 8.41. The van der Waals surface area contributed by atoms with Gasteiger partial charge in [-0.2, -0.15) is 0 Å². The Bertz CT molecular complexity index is 475. The predicted octanol–water partition coefficient (Wildman–Crippen LogP) is 2.93. The van der Waals surface area contributed by atoms with Crippen molar-refractivity contribution in [3.05, 3.63) is 28.8 Å². The van der Waals surface area contributed by atoms with Crippen LogP contribution in [0.2, 0.25) is 5.02 Å². The van der Waals surface area contributed by atoms with Gasteiger partial charge in [0.2, 0.25) is 0 Å². The topological polar surface area (TPSA) is 49.6 Å². The minimum Gasteiger partial charge on any atom is -0.399 e. The molecule has 1 aromatic rings. The Balaban J connectivity index is 0.00000200. The number of hydrogen-bond acceptors (Lipinski definition) is 3. The van der Waals surface area contributed by atoms with Crippen LogP contribution in [0.5, 0.6) is 0 Å². The Morgan fingerprint density at radius 1 is 1.29 bits per heavy atom. The highest BCUT2D eigenvalue weighted by molar-refractivity contribution is 6.34. The number of nitrogens with two attached hydrogens (primary N) is 1. The fourth-order valence-corrected chi connectivity index (χ4v) is 2.73. The average molecular weight is 355 g/mol. The number of nitrogens with zero attached hydrogens (tertiary/aromatic N) is 2. The van der Waals surface area contributed by atoms with Crippen LogP contribution in [0.1, 0.15) is 23.2 Å². The van der Waals surface area contributed by atoms with Crippen molar-refractivity contribution in [2.45, 2.75) is 18.9 Å². The molecule has 0 aromatic heterocycles. The fourth-order valence-electron chi connectivity index (χ4n) is 2.46. The average Bonchev–Trinajstić information content (AvgIpc) is 2.38. The van der Waals surface area contributed by atoms with Crippen LogP contribution in [0.15, 0.2) is 18.2 Å². The van der Waals surface area contributed by atoms with Crippen molar-refractivity contribution < 1.29 is 4.79 Å². The summed E-state index contributed by atoms with van der Waals surface area (Å²) in [4.78, 5) is 16.5. The second kappa shape index (κ2) is 8.69. The molecule has 21 heavy (non-hydrogen) atoms. The molecule has 4 nitrogen and oxygen atoms in total. The molecule has 1 aromatic carbocycles. The number of benzene rings is 1. The molecule has 0 aliphatic carbocycles. The first-order chi connectivity index (χ1) is 8.99. The van der Waals surface area contributed by atoms with Crippen LogP contribution in [0, 0.1) is 0 Å². The SMILES string of the molecule is CN(C)C1CCN(C(=O)c2ccc(N)cc2Cl)CC1.Cl.Cl. The van der Waals surface area contributed by atoms with E-state index in [1.807, 2.05) is 4.90 Å².